The molecule has 0 radical (unpaired) electrons. The molecule has 0 fully saturated rings. The third-order valence-corrected chi connectivity index (χ3v) is 0.486. The molecule has 0 aromatic carbocycles. The summed E-state index contributed by atoms with van der Waals surface area (Å²) >= 11 is 0. The number of ether oxygens (including phenoxy) is 1. The lowest BCUT2D eigenvalue weighted by molar-refractivity contribution is -0.00769. The lowest BCUT2D eigenvalue weighted by atomic mass is 10.2. The first-order chi connectivity index (χ1) is 5.95. The van der Waals surface area contributed by atoms with Crippen LogP contribution in [0.25, 0.3) is 0 Å². The Morgan fingerprint density at radius 2 is 1.71 bits per heavy atom. The molecule has 3 N–H and O–H groups in total. The molecule has 0 aromatic heterocycles. The third-order valence-electron chi connectivity index (χ3n) is 0.486. The van der Waals surface area contributed by atoms with Crippen molar-refractivity contribution in [2.75, 3.05) is 0 Å². The van der Waals surface area contributed by atoms with Crippen molar-refractivity contribution in [1.29, 1.82) is 0 Å². The van der Waals surface area contributed by atoms with Gasteiger partial charge in [-0.05, 0) is 20.8 Å². The van der Waals surface area contributed by atoms with Gasteiger partial charge in [0.05, 0.1) is 0 Å². The predicted octanol–water partition coefficient (Wildman–Crippen LogP) is 0.840. The van der Waals surface area contributed by atoms with Crippen LogP contribution in [0.3, 0.4) is 0 Å². The lowest BCUT2D eigenvalue weighted by Gasteiger charge is -2.16. The van der Waals surface area contributed by atoms with Crippen molar-refractivity contribution in [3.05, 3.63) is 0 Å². The van der Waals surface area contributed by atoms with E-state index in [2.05, 4.69) is 26.2 Å². The molecule has 0 rings (SSSR count). The number of hydrogen-bond acceptors (Lipinski definition) is 6. The lowest BCUT2D eigenvalue weighted by Crippen LogP contribution is -2.25. The third kappa shape index (κ3) is 30.1. The van der Waals surface area contributed by atoms with Gasteiger partial charge in [0.15, 0.2) is 0 Å². The Labute approximate surface area is 86.3 Å². The van der Waals surface area contributed by atoms with Gasteiger partial charge in [0.2, 0.25) is 0 Å². The number of halogens is 1. The fourth-order valence-electron chi connectivity index (χ4n) is 0.274. The number of carbonyl (C=O) groups excluding carboxylic acids is 1. The highest BCUT2D eigenvalue weighted by Crippen LogP contribution is 2.06. The van der Waals surface area contributed by atoms with E-state index in [0.29, 0.717) is 0 Å². The van der Waals surface area contributed by atoms with Crippen LogP contribution in [0.2, 0.25) is 0 Å². The largest absolute Gasteiger partial charge is 0.528 e. The molecule has 0 aliphatic rings. The van der Waals surface area contributed by atoms with Crippen molar-refractivity contribution < 1.29 is 27.3 Å². The smallest absolute Gasteiger partial charge is 0.427 e. The van der Waals surface area contributed by atoms with E-state index in [1.807, 2.05) is 0 Å². The maximum absolute atomic E-state index is 10.3. The van der Waals surface area contributed by atoms with E-state index in [4.69, 9.17) is 13.0 Å². The van der Waals surface area contributed by atoms with Crippen LogP contribution in [-0.4, -0.2) is 24.7 Å². The van der Waals surface area contributed by atoms with E-state index in [1.165, 1.54) is 0 Å². The molecule has 86 valence electrons. The van der Waals surface area contributed by atoms with E-state index in [1.54, 1.807) is 20.8 Å². The van der Waals surface area contributed by atoms with Gasteiger partial charge in [-0.2, -0.15) is 14.3 Å². The van der Waals surface area contributed by atoms with Gasteiger partial charge >= 0.3 is 15.5 Å². The summed E-state index contributed by atoms with van der Waals surface area (Å²) in [4.78, 5) is 14.0. The molecule has 0 atom stereocenters. The molecule has 0 aromatic rings. The van der Waals surface area contributed by atoms with Crippen LogP contribution >= 0.6 is 10.7 Å². The summed E-state index contributed by atoms with van der Waals surface area (Å²) in [6.45, 7) is 5.18. The molecule has 0 spiro atoms. The number of nitrogens with two attached hydrogens (primary N) is 1. The first-order valence-electron chi connectivity index (χ1n) is 3.22. The van der Waals surface area contributed by atoms with Gasteiger partial charge in [-0.1, -0.05) is 0 Å². The Balaban J connectivity index is 0. The van der Waals surface area contributed by atoms with Crippen molar-refractivity contribution in [3.8, 4) is 0 Å². The molecule has 9 heteroatoms. The average Bonchev–Trinajstić information content (AvgIpc) is 1.79. The van der Waals surface area contributed by atoms with Crippen LogP contribution in [0.4, 0.5) is 4.79 Å². The molecular weight excluding hydrogens is 238 g/mol. The second-order valence-electron chi connectivity index (χ2n) is 2.99. The van der Waals surface area contributed by atoms with Gasteiger partial charge < -0.3 is 9.57 Å². The standard InChI is InChI=1S/C5H11NO3.ClHO3S/c1-5(2,3)8-4(7)9-6;1-5(2,3)4/h6H2,1-3H3;(H,2,3,4). The molecule has 0 heterocycles. The number of rotatable bonds is 0. The quantitative estimate of drug-likeness (QED) is 0.283. The zero-order chi connectivity index (χ0) is 12.0. The van der Waals surface area contributed by atoms with Crippen LogP contribution in [0.5, 0.6) is 0 Å². The summed E-state index contributed by atoms with van der Waals surface area (Å²) in [5.41, 5.74) is -0.531. The molecule has 0 aliphatic heterocycles. The minimum atomic E-state index is -4.19. The minimum Gasteiger partial charge on any atom is -0.427 e. The Morgan fingerprint density at radius 1 is 1.43 bits per heavy atom. The Kier molecular flexibility index (Phi) is 6.82. The van der Waals surface area contributed by atoms with Gasteiger partial charge in [0, 0.05) is 10.7 Å². The van der Waals surface area contributed by atoms with E-state index in [-0.39, 0.29) is 0 Å². The first-order valence-corrected chi connectivity index (χ1v) is 5.49. The van der Waals surface area contributed by atoms with E-state index in [0.717, 1.165) is 0 Å². The molecule has 0 bridgehead atoms. The zero-order valence-electron chi connectivity index (χ0n) is 7.85. The monoisotopic (exact) mass is 249 g/mol. The fourth-order valence-corrected chi connectivity index (χ4v) is 0.274. The van der Waals surface area contributed by atoms with E-state index < -0.39 is 21.1 Å². The maximum Gasteiger partial charge on any atom is 0.528 e. The summed E-state index contributed by atoms with van der Waals surface area (Å²) in [6, 6.07) is 0. The molecule has 0 saturated carbocycles. The molecule has 14 heavy (non-hydrogen) atoms. The van der Waals surface area contributed by atoms with Crippen molar-refractivity contribution in [1.82, 2.24) is 0 Å². The van der Waals surface area contributed by atoms with Gasteiger partial charge in [0.1, 0.15) is 5.60 Å². The summed E-state index contributed by atoms with van der Waals surface area (Å²) in [6.07, 6.45) is -0.859. The van der Waals surface area contributed by atoms with Crippen molar-refractivity contribution in [2.45, 2.75) is 26.4 Å². The van der Waals surface area contributed by atoms with Crippen LogP contribution in [0.1, 0.15) is 20.8 Å². The Hall–Kier alpha value is -0.570. The second-order valence-corrected chi connectivity index (χ2v) is 4.99. The summed E-state index contributed by atoms with van der Waals surface area (Å²) in [7, 11) is -0.137. The molecule has 0 saturated heterocycles. The molecule has 0 aliphatic carbocycles. The van der Waals surface area contributed by atoms with Gasteiger partial charge in [0.25, 0.3) is 0 Å². The minimum absolute atomic E-state index is 0.531. The normalized spacial score (nSPS) is 11.0. The van der Waals surface area contributed by atoms with E-state index in [9.17, 15) is 4.79 Å². The predicted molar refractivity (Wildman–Crippen MR) is 48.9 cm³/mol. The number of hydrogen-bond donors (Lipinski definition) is 2. The van der Waals surface area contributed by atoms with Crippen molar-refractivity contribution in [2.24, 2.45) is 5.90 Å². The highest BCUT2D eigenvalue weighted by molar-refractivity contribution is 8.09. The Morgan fingerprint density at radius 3 is 1.79 bits per heavy atom. The Bertz CT molecular complexity index is 260. The summed E-state index contributed by atoms with van der Waals surface area (Å²) < 4.78 is 29.8. The van der Waals surface area contributed by atoms with Crippen molar-refractivity contribution in [3.63, 3.8) is 0 Å². The molecule has 0 amide bonds. The average molecular weight is 250 g/mol. The van der Waals surface area contributed by atoms with Gasteiger partial charge in [-0.3, -0.25) is 4.55 Å². The SMILES string of the molecule is CC(C)(C)OC(=O)ON.O=S(=O)(O)Cl. The molecule has 0 unspecified atom stereocenters. The van der Waals surface area contributed by atoms with Crippen LogP contribution in [-0.2, 0) is 18.9 Å². The zero-order valence-corrected chi connectivity index (χ0v) is 9.42. The van der Waals surface area contributed by atoms with Crippen LogP contribution < -0.4 is 5.90 Å². The fraction of sp³-hybridized carbons (Fsp3) is 0.800. The van der Waals surface area contributed by atoms with Gasteiger partial charge in [-0.25, -0.2) is 4.79 Å². The summed E-state index contributed by atoms with van der Waals surface area (Å²) in [5, 5.41) is 0. The summed E-state index contributed by atoms with van der Waals surface area (Å²) in [5.74, 6) is 4.50. The molecule has 7 nitrogen and oxygen atoms in total. The number of carbonyl (C=O) groups is 1. The van der Waals surface area contributed by atoms with Crippen LogP contribution in [0.15, 0.2) is 0 Å². The van der Waals surface area contributed by atoms with Gasteiger partial charge in [-0.15, -0.1) is 0 Å². The van der Waals surface area contributed by atoms with Crippen LogP contribution in [0, 0.1) is 0 Å². The first kappa shape index (κ1) is 15.9. The highest BCUT2D eigenvalue weighted by atomic mass is 35.7. The molecular formula is C5H12ClNO6S. The topological polar surface area (TPSA) is 116 Å². The second kappa shape index (κ2) is 6.02. The highest BCUT2D eigenvalue weighted by Gasteiger charge is 2.16. The maximum atomic E-state index is 10.3. The van der Waals surface area contributed by atoms with Crippen molar-refractivity contribution >= 4 is 26.2 Å². The van der Waals surface area contributed by atoms with E-state index >= 15 is 0 Å².